The molecule has 0 saturated heterocycles. The van der Waals surface area contributed by atoms with Crippen molar-refractivity contribution in [3.05, 3.63) is 40.8 Å². The summed E-state index contributed by atoms with van der Waals surface area (Å²) in [5.74, 6) is 0.853. The summed E-state index contributed by atoms with van der Waals surface area (Å²) in [6.07, 6.45) is 0. The van der Waals surface area contributed by atoms with Gasteiger partial charge in [-0.05, 0) is 18.2 Å². The van der Waals surface area contributed by atoms with Crippen molar-refractivity contribution in [1.82, 2.24) is 0 Å². The van der Waals surface area contributed by atoms with Crippen LogP contribution in [0.3, 0.4) is 0 Å². The summed E-state index contributed by atoms with van der Waals surface area (Å²) in [7, 11) is 3.35. The summed E-state index contributed by atoms with van der Waals surface area (Å²) in [4.78, 5) is 3.07. The number of hydrogen-bond acceptors (Lipinski definition) is 7. The van der Waals surface area contributed by atoms with Gasteiger partial charge in [-0.2, -0.15) is 0 Å². The van der Waals surface area contributed by atoms with Gasteiger partial charge >= 0.3 is 0 Å². The third kappa shape index (κ3) is 2.18. The summed E-state index contributed by atoms with van der Waals surface area (Å²) in [6, 6.07) is 5.67. The van der Waals surface area contributed by atoms with Crippen molar-refractivity contribution in [2.45, 2.75) is 4.90 Å². The van der Waals surface area contributed by atoms with Crippen LogP contribution >= 0.6 is 33.6 Å². The van der Waals surface area contributed by atoms with E-state index in [2.05, 4.69) is 16.0 Å². The Kier molecular flexibility index (Phi) is 3.60. The Morgan fingerprint density at radius 3 is 3.11 bits per heavy atom. The van der Waals surface area contributed by atoms with E-state index < -0.39 is 0 Å². The molecule has 0 radical (unpaired) electrons. The topological polar surface area (TPSA) is 47.9 Å². The third-order valence-corrected chi connectivity index (χ3v) is 5.66. The van der Waals surface area contributed by atoms with Gasteiger partial charge in [0.15, 0.2) is 0 Å². The first-order chi connectivity index (χ1) is 8.79. The van der Waals surface area contributed by atoms with Crippen LogP contribution in [-0.2, 0) is 9.37 Å². The van der Waals surface area contributed by atoms with Gasteiger partial charge in [-0.3, -0.25) is 0 Å². The fourth-order valence-corrected chi connectivity index (χ4v) is 4.61. The van der Waals surface area contributed by atoms with Crippen LogP contribution in [0.5, 0.6) is 5.75 Å². The van der Waals surface area contributed by atoms with Gasteiger partial charge in [-0.15, -0.1) is 4.33 Å². The van der Waals surface area contributed by atoms with E-state index in [9.17, 15) is 0 Å². The predicted octanol–water partition coefficient (Wildman–Crippen LogP) is 4.13. The first-order valence-electron chi connectivity index (χ1n) is 4.98. The second-order valence-electron chi connectivity index (χ2n) is 3.57. The second-order valence-corrected chi connectivity index (χ2v) is 6.58. The van der Waals surface area contributed by atoms with E-state index in [0.717, 1.165) is 38.7 Å². The predicted molar refractivity (Wildman–Crippen MR) is 73.8 cm³/mol. The molecule has 0 aliphatic carbocycles. The zero-order valence-corrected chi connectivity index (χ0v) is 11.5. The van der Waals surface area contributed by atoms with Gasteiger partial charge in [0.05, 0.1) is 12.0 Å². The van der Waals surface area contributed by atoms with Crippen LogP contribution in [0.15, 0.2) is 40.2 Å². The molecule has 1 aromatic carbocycles. The molecule has 3 rings (SSSR count). The lowest BCUT2D eigenvalue weighted by atomic mass is 10.1. The SMILES string of the molecule is C=C1SSC2=C1COc1ccc(SOOO)cc12. The highest BCUT2D eigenvalue weighted by atomic mass is 33.1. The van der Waals surface area contributed by atoms with Gasteiger partial charge in [0, 0.05) is 25.8 Å². The number of fused-ring (bicyclic) bond motifs is 2. The normalized spacial score (nSPS) is 17.5. The highest BCUT2D eigenvalue weighted by Crippen LogP contribution is 2.56. The van der Waals surface area contributed by atoms with Gasteiger partial charge in [-0.25, -0.2) is 5.26 Å². The third-order valence-electron chi connectivity index (χ3n) is 2.56. The molecular formula is C11H8O4S3. The first kappa shape index (κ1) is 12.5. The van der Waals surface area contributed by atoms with E-state index in [-0.39, 0.29) is 0 Å². The fourth-order valence-electron chi connectivity index (χ4n) is 1.74. The average molecular weight is 300 g/mol. The molecule has 2 aliphatic heterocycles. The van der Waals surface area contributed by atoms with Crippen LogP contribution in [-0.4, -0.2) is 11.9 Å². The monoisotopic (exact) mass is 300 g/mol. The van der Waals surface area contributed by atoms with E-state index in [4.69, 9.17) is 9.99 Å². The maximum atomic E-state index is 8.15. The minimum atomic E-state index is 0.573. The Balaban J connectivity index is 1.98. The average Bonchev–Trinajstić information content (AvgIpc) is 2.78. The molecule has 94 valence electrons. The minimum Gasteiger partial charge on any atom is -0.488 e. The van der Waals surface area contributed by atoms with Gasteiger partial charge < -0.3 is 4.74 Å². The van der Waals surface area contributed by atoms with Gasteiger partial charge in [0.25, 0.3) is 0 Å². The summed E-state index contributed by atoms with van der Waals surface area (Å²) in [5, 5.41) is 11.7. The maximum Gasteiger partial charge on any atom is 0.128 e. The Morgan fingerprint density at radius 1 is 1.39 bits per heavy atom. The van der Waals surface area contributed by atoms with E-state index in [1.54, 1.807) is 21.6 Å². The van der Waals surface area contributed by atoms with Crippen LogP contribution in [0, 0.1) is 0 Å². The molecular weight excluding hydrogens is 292 g/mol. The first-order valence-corrected chi connectivity index (χ1v) is 7.87. The van der Waals surface area contributed by atoms with Crippen LogP contribution in [0.1, 0.15) is 5.56 Å². The van der Waals surface area contributed by atoms with Gasteiger partial charge in [0.2, 0.25) is 0 Å². The van der Waals surface area contributed by atoms with Crippen LogP contribution in [0.2, 0.25) is 0 Å². The summed E-state index contributed by atoms with van der Waals surface area (Å²) < 4.78 is 10.1. The molecule has 1 aromatic rings. The van der Waals surface area contributed by atoms with Crippen LogP contribution in [0.4, 0.5) is 0 Å². The van der Waals surface area contributed by atoms with Crippen LogP contribution < -0.4 is 4.74 Å². The quantitative estimate of drug-likeness (QED) is 0.390. The van der Waals surface area contributed by atoms with E-state index in [1.807, 2.05) is 18.2 Å². The smallest absolute Gasteiger partial charge is 0.128 e. The fraction of sp³-hybridized carbons (Fsp3) is 0.0909. The van der Waals surface area contributed by atoms with Crippen molar-refractivity contribution in [2.24, 2.45) is 0 Å². The summed E-state index contributed by atoms with van der Waals surface area (Å²) in [6.45, 7) is 4.58. The second kappa shape index (κ2) is 5.20. The highest BCUT2D eigenvalue weighted by molar-refractivity contribution is 8.82. The lowest BCUT2D eigenvalue weighted by Gasteiger charge is -2.19. The Morgan fingerprint density at radius 2 is 2.28 bits per heavy atom. The molecule has 7 heteroatoms. The molecule has 18 heavy (non-hydrogen) atoms. The minimum absolute atomic E-state index is 0.573. The van der Waals surface area contributed by atoms with Crippen molar-refractivity contribution < 1.29 is 19.4 Å². The van der Waals surface area contributed by atoms with Crippen molar-refractivity contribution in [2.75, 3.05) is 6.61 Å². The zero-order chi connectivity index (χ0) is 12.5. The molecule has 0 atom stereocenters. The van der Waals surface area contributed by atoms with Crippen molar-refractivity contribution in [3.63, 3.8) is 0 Å². The summed E-state index contributed by atoms with van der Waals surface area (Å²) >= 11 is 0.939. The Labute approximate surface area is 116 Å². The molecule has 0 saturated carbocycles. The molecule has 1 N–H and O–H groups in total. The van der Waals surface area contributed by atoms with Gasteiger partial charge in [0.1, 0.15) is 12.4 Å². The summed E-state index contributed by atoms with van der Waals surface area (Å²) in [5.41, 5.74) is 2.18. The molecule has 0 unspecified atom stereocenters. The number of hydrogen-bond donors (Lipinski definition) is 1. The van der Waals surface area contributed by atoms with Crippen molar-refractivity contribution >= 4 is 38.5 Å². The highest BCUT2D eigenvalue weighted by Gasteiger charge is 2.28. The zero-order valence-electron chi connectivity index (χ0n) is 9.04. The molecule has 0 aromatic heterocycles. The Hall–Kier alpha value is -0.570. The van der Waals surface area contributed by atoms with Crippen LogP contribution in [0.25, 0.3) is 4.91 Å². The lowest BCUT2D eigenvalue weighted by Crippen LogP contribution is -2.08. The number of ether oxygens (including phenoxy) is 1. The van der Waals surface area contributed by atoms with E-state index in [0.29, 0.717) is 6.61 Å². The maximum absolute atomic E-state index is 8.15. The largest absolute Gasteiger partial charge is 0.488 e. The molecule has 0 amide bonds. The lowest BCUT2D eigenvalue weighted by molar-refractivity contribution is -0.432. The molecule has 4 nitrogen and oxygen atoms in total. The standard InChI is InChI=1S/C11H8O4S3/c1-6-9-5-13-10-3-2-7(16-15-14-12)4-8(10)11(9)18-17-6/h2-4,12H,1,5H2. The van der Waals surface area contributed by atoms with Crippen molar-refractivity contribution in [3.8, 4) is 5.75 Å². The molecule has 2 heterocycles. The van der Waals surface area contributed by atoms with Gasteiger partial charge in [-0.1, -0.05) is 33.2 Å². The molecule has 0 fully saturated rings. The molecule has 2 aliphatic rings. The van der Waals surface area contributed by atoms with E-state index >= 15 is 0 Å². The molecule has 0 spiro atoms. The van der Waals surface area contributed by atoms with Crippen molar-refractivity contribution in [1.29, 1.82) is 0 Å². The van der Waals surface area contributed by atoms with E-state index in [1.165, 1.54) is 4.91 Å². The number of benzene rings is 1. The molecule has 0 bridgehead atoms. The number of rotatable bonds is 3. The Bertz CT molecular complexity index is 541.